The van der Waals surface area contributed by atoms with Crippen LogP contribution in [0.3, 0.4) is 0 Å². The van der Waals surface area contributed by atoms with E-state index in [2.05, 4.69) is 54.8 Å². The van der Waals surface area contributed by atoms with Crippen molar-refractivity contribution in [3.05, 3.63) is 29.8 Å². The van der Waals surface area contributed by atoms with Gasteiger partial charge in [0.1, 0.15) is 0 Å². The lowest BCUT2D eigenvalue weighted by Crippen LogP contribution is -2.47. The fraction of sp³-hybridized carbons (Fsp3) is 0.647. The third-order valence-electron chi connectivity index (χ3n) is 4.67. The number of nitrogens with zero attached hydrogens (tertiary/aromatic N) is 2. The Kier molecular flexibility index (Phi) is 5.06. The first kappa shape index (κ1) is 15.3. The van der Waals surface area contributed by atoms with Crippen LogP contribution in [0, 0.1) is 0 Å². The summed E-state index contributed by atoms with van der Waals surface area (Å²) in [5.74, 6) is 0. The summed E-state index contributed by atoms with van der Waals surface area (Å²) in [5.41, 5.74) is 3.01. The molecule has 0 unspecified atom stereocenters. The minimum atomic E-state index is 0.245. The number of piperazine rings is 1. The lowest BCUT2D eigenvalue weighted by Gasteiger charge is -2.36. The van der Waals surface area contributed by atoms with Gasteiger partial charge in [-0.15, -0.1) is 0 Å². The second kappa shape index (κ2) is 6.59. The molecule has 1 saturated heterocycles. The maximum atomic E-state index is 9.00. The number of anilines is 1. The molecule has 3 heteroatoms. The van der Waals surface area contributed by atoms with Crippen LogP contribution in [0.4, 0.5) is 5.69 Å². The van der Waals surface area contributed by atoms with Crippen molar-refractivity contribution in [2.24, 2.45) is 0 Å². The molecular weight excluding hydrogens is 248 g/mol. The Morgan fingerprint density at radius 1 is 1.15 bits per heavy atom. The summed E-state index contributed by atoms with van der Waals surface area (Å²) in [6, 6.07) is 9.00. The maximum Gasteiger partial charge on any atom is 0.0558 e. The van der Waals surface area contributed by atoms with Crippen molar-refractivity contribution in [1.82, 2.24) is 4.90 Å². The minimum Gasteiger partial charge on any atom is -0.395 e. The van der Waals surface area contributed by atoms with E-state index in [1.165, 1.54) is 11.3 Å². The highest BCUT2D eigenvalue weighted by atomic mass is 16.3. The molecular formula is C17H28N2O. The summed E-state index contributed by atoms with van der Waals surface area (Å²) < 4.78 is 0. The Hall–Kier alpha value is -1.06. The Labute approximate surface area is 123 Å². The second-order valence-corrected chi connectivity index (χ2v) is 6.34. The van der Waals surface area contributed by atoms with Gasteiger partial charge >= 0.3 is 0 Å². The summed E-state index contributed by atoms with van der Waals surface area (Å²) in [7, 11) is 0. The zero-order chi connectivity index (χ0) is 14.6. The van der Waals surface area contributed by atoms with Crippen LogP contribution in [0.25, 0.3) is 0 Å². The quantitative estimate of drug-likeness (QED) is 0.895. The van der Waals surface area contributed by atoms with Gasteiger partial charge in [0, 0.05) is 38.4 Å². The average molecular weight is 276 g/mol. The predicted octanol–water partition coefficient (Wildman–Crippen LogP) is 2.49. The van der Waals surface area contributed by atoms with E-state index in [1.54, 1.807) is 0 Å². The molecule has 0 saturated carbocycles. The van der Waals surface area contributed by atoms with Gasteiger partial charge in [0.25, 0.3) is 0 Å². The van der Waals surface area contributed by atoms with Crippen molar-refractivity contribution in [3.8, 4) is 0 Å². The van der Waals surface area contributed by atoms with E-state index in [9.17, 15) is 0 Å². The Bertz CT molecular complexity index is 423. The fourth-order valence-electron chi connectivity index (χ4n) is 2.70. The molecule has 112 valence electrons. The maximum absolute atomic E-state index is 9.00. The molecule has 0 aromatic heterocycles. The van der Waals surface area contributed by atoms with Crippen molar-refractivity contribution < 1.29 is 5.11 Å². The van der Waals surface area contributed by atoms with Gasteiger partial charge in [-0.2, -0.15) is 0 Å². The first-order valence-corrected chi connectivity index (χ1v) is 7.75. The molecule has 1 aromatic carbocycles. The van der Waals surface area contributed by atoms with Crippen LogP contribution in [0.15, 0.2) is 24.3 Å². The van der Waals surface area contributed by atoms with Crippen molar-refractivity contribution in [2.75, 3.05) is 44.2 Å². The molecule has 0 atom stereocenters. The number of hydrogen-bond acceptors (Lipinski definition) is 3. The van der Waals surface area contributed by atoms with E-state index in [1.807, 2.05) is 0 Å². The molecule has 0 amide bonds. The highest BCUT2D eigenvalue weighted by Crippen LogP contribution is 2.29. The summed E-state index contributed by atoms with van der Waals surface area (Å²) in [6.45, 7) is 12.1. The monoisotopic (exact) mass is 276 g/mol. The van der Waals surface area contributed by atoms with Crippen molar-refractivity contribution in [2.45, 2.75) is 32.6 Å². The van der Waals surface area contributed by atoms with E-state index in [0.29, 0.717) is 0 Å². The van der Waals surface area contributed by atoms with Gasteiger partial charge in [-0.05, 0) is 29.5 Å². The zero-order valence-corrected chi connectivity index (χ0v) is 13.1. The summed E-state index contributed by atoms with van der Waals surface area (Å²) in [6.07, 6.45) is 1.15. The van der Waals surface area contributed by atoms with E-state index in [4.69, 9.17) is 5.11 Å². The van der Waals surface area contributed by atoms with E-state index < -0.39 is 0 Å². The largest absolute Gasteiger partial charge is 0.395 e. The highest BCUT2D eigenvalue weighted by Gasteiger charge is 2.21. The number of hydrogen-bond donors (Lipinski definition) is 1. The molecule has 0 spiro atoms. The standard InChI is InChI=1S/C17H28N2O/c1-4-17(2,3)15-6-5-7-16(14-15)19-10-8-18(9-11-19)12-13-20/h5-7,14,20H,4,8-13H2,1-3H3. The van der Waals surface area contributed by atoms with Crippen LogP contribution in [-0.4, -0.2) is 49.3 Å². The van der Waals surface area contributed by atoms with Gasteiger partial charge in [0.05, 0.1) is 6.61 Å². The summed E-state index contributed by atoms with van der Waals surface area (Å²) >= 11 is 0. The molecule has 1 heterocycles. The first-order chi connectivity index (χ1) is 9.56. The van der Waals surface area contributed by atoms with Crippen LogP contribution in [0.2, 0.25) is 0 Å². The molecule has 1 N–H and O–H groups in total. The lowest BCUT2D eigenvalue weighted by molar-refractivity contribution is 0.189. The highest BCUT2D eigenvalue weighted by molar-refractivity contribution is 5.50. The van der Waals surface area contributed by atoms with Crippen molar-refractivity contribution >= 4 is 5.69 Å². The molecule has 1 aliphatic heterocycles. The number of β-amino-alcohol motifs (C(OH)–C–C–N with tert-alkyl or cyclic N) is 1. The molecule has 1 fully saturated rings. The van der Waals surface area contributed by atoms with E-state index in [-0.39, 0.29) is 12.0 Å². The van der Waals surface area contributed by atoms with Gasteiger partial charge in [0.15, 0.2) is 0 Å². The fourth-order valence-corrected chi connectivity index (χ4v) is 2.70. The number of benzene rings is 1. The van der Waals surface area contributed by atoms with Crippen LogP contribution in [0.1, 0.15) is 32.8 Å². The van der Waals surface area contributed by atoms with Crippen LogP contribution in [0.5, 0.6) is 0 Å². The Balaban J connectivity index is 2.05. The molecule has 3 nitrogen and oxygen atoms in total. The van der Waals surface area contributed by atoms with Gasteiger partial charge in [0.2, 0.25) is 0 Å². The molecule has 0 aliphatic carbocycles. The molecule has 20 heavy (non-hydrogen) atoms. The van der Waals surface area contributed by atoms with Crippen LogP contribution >= 0.6 is 0 Å². The topological polar surface area (TPSA) is 26.7 Å². The molecule has 2 rings (SSSR count). The SMILES string of the molecule is CCC(C)(C)c1cccc(N2CCN(CCO)CC2)c1. The first-order valence-electron chi connectivity index (χ1n) is 7.75. The van der Waals surface area contributed by atoms with E-state index in [0.717, 1.165) is 39.1 Å². The van der Waals surface area contributed by atoms with Crippen molar-refractivity contribution in [1.29, 1.82) is 0 Å². The minimum absolute atomic E-state index is 0.245. The van der Waals surface area contributed by atoms with Crippen LogP contribution in [-0.2, 0) is 5.41 Å². The number of aliphatic hydroxyl groups is 1. The summed E-state index contributed by atoms with van der Waals surface area (Å²) in [5, 5.41) is 9.00. The van der Waals surface area contributed by atoms with Gasteiger partial charge in [-0.3, -0.25) is 4.90 Å². The van der Waals surface area contributed by atoms with Gasteiger partial charge in [-0.1, -0.05) is 32.9 Å². The molecule has 1 aliphatic rings. The third kappa shape index (κ3) is 3.53. The molecule has 0 bridgehead atoms. The zero-order valence-electron chi connectivity index (χ0n) is 13.1. The van der Waals surface area contributed by atoms with Crippen molar-refractivity contribution in [3.63, 3.8) is 0 Å². The number of aliphatic hydroxyl groups excluding tert-OH is 1. The van der Waals surface area contributed by atoms with Gasteiger partial charge in [-0.25, -0.2) is 0 Å². The molecule has 1 aromatic rings. The predicted molar refractivity (Wildman–Crippen MR) is 85.5 cm³/mol. The van der Waals surface area contributed by atoms with Gasteiger partial charge < -0.3 is 10.0 Å². The second-order valence-electron chi connectivity index (χ2n) is 6.34. The average Bonchev–Trinajstić information content (AvgIpc) is 2.48. The smallest absolute Gasteiger partial charge is 0.0558 e. The lowest BCUT2D eigenvalue weighted by atomic mass is 9.82. The normalized spacial score (nSPS) is 17.5. The Morgan fingerprint density at radius 3 is 2.45 bits per heavy atom. The Morgan fingerprint density at radius 2 is 1.85 bits per heavy atom. The number of rotatable bonds is 5. The van der Waals surface area contributed by atoms with E-state index >= 15 is 0 Å². The van der Waals surface area contributed by atoms with Crippen LogP contribution < -0.4 is 4.90 Å². The third-order valence-corrected chi connectivity index (χ3v) is 4.67. The summed E-state index contributed by atoms with van der Waals surface area (Å²) in [4.78, 5) is 4.79. The molecule has 0 radical (unpaired) electrons.